The maximum Gasteiger partial charge on any atom is 0.118 e. The van der Waals surface area contributed by atoms with Crippen molar-refractivity contribution in [3.05, 3.63) is 54.1 Å². The molecule has 0 bridgehead atoms. The van der Waals surface area contributed by atoms with Gasteiger partial charge in [-0.2, -0.15) is 0 Å². The molecule has 0 heterocycles. The minimum atomic E-state index is 0.574. The Bertz CT molecular complexity index is 516. The zero-order chi connectivity index (χ0) is 14.4. The molecule has 0 radical (unpaired) electrons. The quantitative estimate of drug-likeness (QED) is 0.852. The van der Waals surface area contributed by atoms with E-state index in [9.17, 15) is 0 Å². The summed E-state index contributed by atoms with van der Waals surface area (Å²) in [5.74, 6) is 1.46. The van der Waals surface area contributed by atoms with E-state index in [1.165, 1.54) is 16.7 Å². The number of benzene rings is 2. The molecule has 0 saturated heterocycles. The molecule has 2 rings (SSSR count). The van der Waals surface area contributed by atoms with Crippen molar-refractivity contribution in [3.63, 3.8) is 0 Å². The van der Waals surface area contributed by atoms with Gasteiger partial charge in [-0.3, -0.25) is 0 Å². The first-order chi connectivity index (χ1) is 9.78. The van der Waals surface area contributed by atoms with Crippen LogP contribution in [0.25, 0.3) is 11.1 Å². The van der Waals surface area contributed by atoms with E-state index >= 15 is 0 Å². The summed E-state index contributed by atoms with van der Waals surface area (Å²) in [7, 11) is 1.69. The van der Waals surface area contributed by atoms with Crippen molar-refractivity contribution < 1.29 is 4.74 Å². The summed E-state index contributed by atoms with van der Waals surface area (Å²) in [5, 5.41) is 0. The van der Waals surface area contributed by atoms with E-state index in [1.54, 1.807) is 7.11 Å². The molecule has 2 N–H and O–H groups in total. The lowest BCUT2D eigenvalue weighted by Crippen LogP contribution is -2.06. The predicted molar refractivity (Wildman–Crippen MR) is 85.1 cm³/mol. The van der Waals surface area contributed by atoms with Crippen LogP contribution in [0.5, 0.6) is 5.75 Å². The van der Waals surface area contributed by atoms with Gasteiger partial charge in [0.2, 0.25) is 0 Å². The molecule has 20 heavy (non-hydrogen) atoms. The smallest absolute Gasteiger partial charge is 0.118 e. The fourth-order valence-electron chi connectivity index (χ4n) is 2.54. The average molecular weight is 269 g/mol. The van der Waals surface area contributed by atoms with Crippen LogP contribution in [-0.4, -0.2) is 13.7 Å². The lowest BCUT2D eigenvalue weighted by Gasteiger charge is -2.14. The van der Waals surface area contributed by atoms with E-state index in [2.05, 4.69) is 43.3 Å². The zero-order valence-electron chi connectivity index (χ0n) is 12.3. The molecular weight excluding hydrogens is 246 g/mol. The molecule has 1 atom stereocenters. The minimum absolute atomic E-state index is 0.574. The second kappa shape index (κ2) is 7.11. The van der Waals surface area contributed by atoms with Gasteiger partial charge >= 0.3 is 0 Å². The third kappa shape index (κ3) is 3.40. The van der Waals surface area contributed by atoms with E-state index in [4.69, 9.17) is 10.5 Å². The molecule has 0 aliphatic heterocycles. The van der Waals surface area contributed by atoms with Gasteiger partial charge in [0.15, 0.2) is 0 Å². The first-order valence-corrected chi connectivity index (χ1v) is 7.23. The predicted octanol–water partition coefficient (Wildman–Crippen LogP) is 4.20. The number of methoxy groups -OCH3 is 1. The van der Waals surface area contributed by atoms with Gasteiger partial charge in [-0.15, -0.1) is 0 Å². The highest BCUT2D eigenvalue weighted by atomic mass is 16.5. The first kappa shape index (κ1) is 14.6. The van der Waals surface area contributed by atoms with Gasteiger partial charge in [-0.05, 0) is 54.1 Å². The van der Waals surface area contributed by atoms with Crippen LogP contribution in [0.4, 0.5) is 0 Å². The van der Waals surface area contributed by atoms with Gasteiger partial charge in [-0.1, -0.05) is 43.3 Å². The molecule has 106 valence electrons. The number of hydrogen-bond acceptors (Lipinski definition) is 2. The summed E-state index contributed by atoms with van der Waals surface area (Å²) in [5.41, 5.74) is 9.51. The zero-order valence-corrected chi connectivity index (χ0v) is 12.3. The molecule has 2 nitrogen and oxygen atoms in total. The standard InChI is InChI=1S/C18H23NO/c1-3-14(12-13-19)15-4-6-16(7-5-15)17-8-10-18(20-2)11-9-17/h4-11,14H,3,12-13,19H2,1-2H3. The van der Waals surface area contributed by atoms with Crippen molar-refractivity contribution in [3.8, 4) is 16.9 Å². The van der Waals surface area contributed by atoms with Crippen molar-refractivity contribution in [2.75, 3.05) is 13.7 Å². The molecule has 0 saturated carbocycles. The third-order valence-electron chi connectivity index (χ3n) is 3.81. The average Bonchev–Trinajstić information content (AvgIpc) is 2.53. The van der Waals surface area contributed by atoms with Crippen molar-refractivity contribution >= 4 is 0 Å². The Hall–Kier alpha value is -1.80. The third-order valence-corrected chi connectivity index (χ3v) is 3.81. The van der Waals surface area contributed by atoms with E-state index in [-0.39, 0.29) is 0 Å². The highest BCUT2D eigenvalue weighted by Gasteiger charge is 2.08. The Kier molecular flexibility index (Phi) is 5.19. The monoisotopic (exact) mass is 269 g/mol. The normalized spacial score (nSPS) is 12.2. The maximum absolute atomic E-state index is 5.68. The van der Waals surface area contributed by atoms with Crippen molar-refractivity contribution in [1.29, 1.82) is 0 Å². The molecule has 0 aromatic heterocycles. The fraction of sp³-hybridized carbons (Fsp3) is 0.333. The van der Waals surface area contributed by atoms with Gasteiger partial charge in [0.25, 0.3) is 0 Å². The molecule has 1 unspecified atom stereocenters. The Balaban J connectivity index is 2.18. The SMILES string of the molecule is CCC(CCN)c1ccc(-c2ccc(OC)cc2)cc1. The number of ether oxygens (including phenoxy) is 1. The summed E-state index contributed by atoms with van der Waals surface area (Å²) >= 11 is 0. The summed E-state index contributed by atoms with van der Waals surface area (Å²) in [4.78, 5) is 0. The molecule has 2 aromatic carbocycles. The molecule has 0 amide bonds. The number of rotatable bonds is 6. The van der Waals surface area contributed by atoms with Gasteiger partial charge in [0, 0.05) is 0 Å². The number of nitrogens with two attached hydrogens (primary N) is 1. The minimum Gasteiger partial charge on any atom is -0.497 e. The highest BCUT2D eigenvalue weighted by Crippen LogP contribution is 2.27. The van der Waals surface area contributed by atoms with Gasteiger partial charge in [0.05, 0.1) is 7.11 Å². The fourth-order valence-corrected chi connectivity index (χ4v) is 2.54. The summed E-state index contributed by atoms with van der Waals surface area (Å²) in [6.07, 6.45) is 2.19. The van der Waals surface area contributed by atoms with Crippen LogP contribution >= 0.6 is 0 Å². The van der Waals surface area contributed by atoms with E-state index < -0.39 is 0 Å². The molecular formula is C18H23NO. The van der Waals surface area contributed by atoms with Crippen LogP contribution in [0.3, 0.4) is 0 Å². The van der Waals surface area contributed by atoms with Crippen LogP contribution in [-0.2, 0) is 0 Å². The molecule has 0 aliphatic rings. The largest absolute Gasteiger partial charge is 0.497 e. The molecule has 0 fully saturated rings. The van der Waals surface area contributed by atoms with Crippen molar-refractivity contribution in [2.45, 2.75) is 25.7 Å². The van der Waals surface area contributed by atoms with E-state index in [0.717, 1.165) is 25.1 Å². The summed E-state index contributed by atoms with van der Waals surface area (Å²) < 4.78 is 5.19. The van der Waals surface area contributed by atoms with Crippen LogP contribution in [0.15, 0.2) is 48.5 Å². The topological polar surface area (TPSA) is 35.2 Å². The lowest BCUT2D eigenvalue weighted by molar-refractivity contribution is 0.415. The van der Waals surface area contributed by atoms with Crippen LogP contribution in [0, 0.1) is 0 Å². The molecule has 2 heteroatoms. The van der Waals surface area contributed by atoms with Gasteiger partial charge in [-0.25, -0.2) is 0 Å². The summed E-state index contributed by atoms with van der Waals surface area (Å²) in [6.45, 7) is 2.97. The maximum atomic E-state index is 5.68. The Morgan fingerprint density at radius 3 is 1.95 bits per heavy atom. The first-order valence-electron chi connectivity index (χ1n) is 7.23. The lowest BCUT2D eigenvalue weighted by atomic mass is 9.92. The second-order valence-corrected chi connectivity index (χ2v) is 5.03. The Labute approximate surface area is 121 Å². The second-order valence-electron chi connectivity index (χ2n) is 5.03. The van der Waals surface area contributed by atoms with Crippen molar-refractivity contribution in [2.24, 2.45) is 5.73 Å². The van der Waals surface area contributed by atoms with Gasteiger partial charge < -0.3 is 10.5 Å². The van der Waals surface area contributed by atoms with Gasteiger partial charge in [0.1, 0.15) is 5.75 Å². The van der Waals surface area contributed by atoms with Crippen LogP contribution in [0.1, 0.15) is 31.2 Å². The van der Waals surface area contributed by atoms with Crippen LogP contribution in [0.2, 0.25) is 0 Å². The van der Waals surface area contributed by atoms with Crippen molar-refractivity contribution in [1.82, 2.24) is 0 Å². The molecule has 2 aromatic rings. The Morgan fingerprint density at radius 2 is 1.50 bits per heavy atom. The van der Waals surface area contributed by atoms with Crippen LogP contribution < -0.4 is 10.5 Å². The Morgan fingerprint density at radius 1 is 0.950 bits per heavy atom. The molecule has 0 aliphatic carbocycles. The van der Waals surface area contributed by atoms with E-state index in [0.29, 0.717) is 5.92 Å². The van der Waals surface area contributed by atoms with E-state index in [1.807, 2.05) is 12.1 Å². The highest BCUT2D eigenvalue weighted by molar-refractivity contribution is 5.64. The molecule has 0 spiro atoms. The summed E-state index contributed by atoms with van der Waals surface area (Å²) in [6, 6.07) is 17.0. The number of hydrogen-bond donors (Lipinski definition) is 1.